The third kappa shape index (κ3) is 10.3. The Labute approximate surface area is 332 Å². The van der Waals surface area contributed by atoms with Crippen LogP contribution < -0.4 is 10.1 Å². The summed E-state index contributed by atoms with van der Waals surface area (Å²) in [7, 11) is 0. The summed E-state index contributed by atoms with van der Waals surface area (Å²) in [5.41, 5.74) is 5.97. The largest absolute Gasteiger partial charge is 0.508 e. The SMILES string of the molecule is C=C\C=C/C=C/C(CC)=C(\C=C\C=C(/C=C)N1CCC(CN2CCC(COc3ccc4c(c3)CN(C3CCC(=O)NC3=O)C4=O)CC2)CC1)c1ccc(O)cc1. The third-order valence-corrected chi connectivity index (χ3v) is 11.5. The van der Waals surface area contributed by atoms with Crippen molar-refractivity contribution in [3.8, 4) is 11.5 Å². The van der Waals surface area contributed by atoms with Crippen LogP contribution in [0.1, 0.15) is 73.4 Å². The number of amides is 3. The van der Waals surface area contributed by atoms with Gasteiger partial charge in [0.1, 0.15) is 17.5 Å². The maximum absolute atomic E-state index is 13.0. The number of rotatable bonds is 15. The Morgan fingerprint density at radius 2 is 1.64 bits per heavy atom. The van der Waals surface area contributed by atoms with Gasteiger partial charge in [-0.2, -0.15) is 0 Å². The van der Waals surface area contributed by atoms with Crippen LogP contribution in [0.4, 0.5) is 0 Å². The van der Waals surface area contributed by atoms with E-state index >= 15 is 0 Å². The molecule has 9 heteroatoms. The molecule has 2 aromatic carbocycles. The number of hydrogen-bond acceptors (Lipinski definition) is 7. The Morgan fingerprint density at radius 1 is 0.893 bits per heavy atom. The minimum absolute atomic E-state index is 0.165. The van der Waals surface area contributed by atoms with Gasteiger partial charge in [-0.25, -0.2) is 0 Å². The van der Waals surface area contributed by atoms with Crippen LogP contribution in [-0.4, -0.2) is 82.9 Å². The van der Waals surface area contributed by atoms with Crippen molar-refractivity contribution in [2.75, 3.05) is 39.3 Å². The van der Waals surface area contributed by atoms with Crippen LogP contribution in [0.15, 0.2) is 122 Å². The van der Waals surface area contributed by atoms with Crippen molar-refractivity contribution < 1.29 is 24.2 Å². The second kappa shape index (κ2) is 19.4. The molecule has 4 aliphatic rings. The van der Waals surface area contributed by atoms with E-state index < -0.39 is 11.9 Å². The first-order valence-electron chi connectivity index (χ1n) is 20.1. The number of fused-ring (bicyclic) bond motifs is 1. The van der Waals surface area contributed by atoms with E-state index in [4.69, 9.17) is 4.74 Å². The van der Waals surface area contributed by atoms with Crippen molar-refractivity contribution in [2.45, 2.75) is 64.5 Å². The molecule has 1 atom stereocenters. The monoisotopic (exact) mass is 756 g/mol. The Bertz CT molecular complexity index is 1910. The number of nitrogens with one attached hydrogen (secondary N) is 1. The Morgan fingerprint density at radius 3 is 2.34 bits per heavy atom. The maximum Gasteiger partial charge on any atom is 0.255 e. The highest BCUT2D eigenvalue weighted by atomic mass is 16.5. The molecule has 0 bridgehead atoms. The maximum atomic E-state index is 13.0. The van der Waals surface area contributed by atoms with Crippen LogP contribution in [0.25, 0.3) is 5.57 Å². The Hall–Kier alpha value is -5.41. The molecule has 9 nitrogen and oxygen atoms in total. The molecule has 3 fully saturated rings. The number of carbonyl (C=O) groups is 3. The van der Waals surface area contributed by atoms with E-state index in [0.29, 0.717) is 37.0 Å². The third-order valence-electron chi connectivity index (χ3n) is 11.5. The molecule has 0 spiro atoms. The Balaban J connectivity index is 0.953. The van der Waals surface area contributed by atoms with Gasteiger partial charge in [-0.1, -0.05) is 74.7 Å². The summed E-state index contributed by atoms with van der Waals surface area (Å²) in [4.78, 5) is 43.7. The van der Waals surface area contributed by atoms with E-state index in [2.05, 4.69) is 59.5 Å². The molecule has 0 aliphatic carbocycles. The zero-order chi connectivity index (χ0) is 39.4. The fourth-order valence-electron chi connectivity index (χ4n) is 8.22. The number of allylic oxidation sites excluding steroid dienone is 11. The van der Waals surface area contributed by atoms with E-state index in [-0.39, 0.29) is 24.0 Å². The molecular weight excluding hydrogens is 701 g/mol. The first-order valence-corrected chi connectivity index (χ1v) is 20.1. The quantitative estimate of drug-likeness (QED) is 0.142. The van der Waals surface area contributed by atoms with Crippen molar-refractivity contribution in [3.63, 3.8) is 0 Å². The van der Waals surface area contributed by atoms with Crippen molar-refractivity contribution in [3.05, 3.63) is 138 Å². The van der Waals surface area contributed by atoms with Crippen LogP contribution >= 0.6 is 0 Å². The first kappa shape index (κ1) is 40.3. The standard InChI is InChI=1S/C47H56N4O5/c1-4-7-8-9-11-36(5-2)42(37-14-16-40(52)17-15-37)13-10-12-39(6-3)50-28-24-34(25-29-50)31-49-26-22-35(23-27-49)33-56-41-18-19-43-38(30-41)32-51(47(43)55)44-20-21-45(53)48-46(44)54/h4,6-19,30,34-35,44,52H,1,3,5,20-29,31-33H2,2H3,(H,48,53,54)/b8-7-,11-9+,13-10+,39-12+,42-36+. The van der Waals surface area contributed by atoms with Gasteiger partial charge in [-0.15, -0.1) is 0 Å². The minimum atomic E-state index is -0.613. The number of likely N-dealkylation sites (tertiary alicyclic amines) is 2. The van der Waals surface area contributed by atoms with Crippen molar-refractivity contribution in [1.82, 2.24) is 20.0 Å². The normalized spacial score (nSPS) is 20.9. The fraction of sp³-hybridized carbons (Fsp3) is 0.383. The zero-order valence-corrected chi connectivity index (χ0v) is 32.7. The van der Waals surface area contributed by atoms with Gasteiger partial charge < -0.3 is 24.5 Å². The summed E-state index contributed by atoms with van der Waals surface area (Å²) in [6.07, 6.45) is 24.2. The van der Waals surface area contributed by atoms with Crippen LogP contribution in [0, 0.1) is 11.8 Å². The number of hydrogen-bond donors (Lipinski definition) is 2. The number of aromatic hydroxyl groups is 1. The molecule has 294 valence electrons. The first-order chi connectivity index (χ1) is 27.3. The topological polar surface area (TPSA) is 102 Å². The van der Waals surface area contributed by atoms with Gasteiger partial charge in [0.2, 0.25) is 11.8 Å². The minimum Gasteiger partial charge on any atom is -0.508 e. The average molecular weight is 757 g/mol. The van der Waals surface area contributed by atoms with E-state index in [9.17, 15) is 19.5 Å². The van der Waals surface area contributed by atoms with Crippen molar-refractivity contribution in [2.24, 2.45) is 11.8 Å². The molecule has 2 N–H and O–H groups in total. The highest BCUT2D eigenvalue weighted by Gasteiger charge is 2.39. The lowest BCUT2D eigenvalue weighted by molar-refractivity contribution is -0.136. The summed E-state index contributed by atoms with van der Waals surface area (Å²) in [6, 6.07) is 12.4. The highest BCUT2D eigenvalue weighted by Crippen LogP contribution is 2.32. The molecular formula is C47H56N4O5. The van der Waals surface area contributed by atoms with Gasteiger partial charge in [-0.05, 0) is 128 Å². The molecule has 2 aromatic rings. The molecule has 4 aliphatic heterocycles. The Kier molecular flexibility index (Phi) is 14.0. The molecule has 1 unspecified atom stereocenters. The number of phenolic OH excluding ortho intramolecular Hbond substituents is 1. The number of benzene rings is 2. The van der Waals surface area contributed by atoms with E-state index in [1.165, 1.54) is 5.57 Å². The lowest BCUT2D eigenvalue weighted by atomic mass is 9.93. The lowest BCUT2D eigenvalue weighted by Gasteiger charge is -2.38. The van der Waals surface area contributed by atoms with Crippen molar-refractivity contribution >= 4 is 23.3 Å². The van der Waals surface area contributed by atoms with Crippen LogP contribution in [0.5, 0.6) is 11.5 Å². The fourth-order valence-corrected chi connectivity index (χ4v) is 8.22. The number of piperidine rings is 3. The average Bonchev–Trinajstić information content (AvgIpc) is 3.53. The predicted molar refractivity (Wildman–Crippen MR) is 223 cm³/mol. The molecule has 3 saturated heterocycles. The van der Waals surface area contributed by atoms with Gasteiger partial charge in [0.25, 0.3) is 5.91 Å². The number of imide groups is 1. The van der Waals surface area contributed by atoms with E-state index in [1.54, 1.807) is 29.2 Å². The van der Waals surface area contributed by atoms with Gasteiger partial charge in [0.05, 0.1) is 6.61 Å². The van der Waals surface area contributed by atoms with Gasteiger partial charge in [-0.3, -0.25) is 19.7 Å². The number of ether oxygens (including phenoxy) is 1. The van der Waals surface area contributed by atoms with Gasteiger partial charge >= 0.3 is 0 Å². The highest BCUT2D eigenvalue weighted by molar-refractivity contribution is 6.05. The van der Waals surface area contributed by atoms with E-state index in [1.807, 2.05) is 48.6 Å². The zero-order valence-electron chi connectivity index (χ0n) is 32.7. The summed E-state index contributed by atoms with van der Waals surface area (Å²) in [5, 5.41) is 12.2. The number of phenols is 1. The second-order valence-corrected chi connectivity index (χ2v) is 15.2. The number of carbonyl (C=O) groups excluding carboxylic acids is 3. The van der Waals surface area contributed by atoms with Crippen LogP contribution in [0.3, 0.4) is 0 Å². The smallest absolute Gasteiger partial charge is 0.255 e. The predicted octanol–water partition coefficient (Wildman–Crippen LogP) is 7.74. The molecule has 0 aromatic heterocycles. The van der Waals surface area contributed by atoms with Crippen molar-refractivity contribution in [1.29, 1.82) is 0 Å². The molecule has 56 heavy (non-hydrogen) atoms. The molecule has 4 heterocycles. The van der Waals surface area contributed by atoms with Crippen LogP contribution in [0.2, 0.25) is 0 Å². The summed E-state index contributed by atoms with van der Waals surface area (Å²) in [5.74, 6) is 1.32. The van der Waals surface area contributed by atoms with Crippen LogP contribution in [-0.2, 0) is 16.1 Å². The second-order valence-electron chi connectivity index (χ2n) is 15.2. The molecule has 0 radical (unpaired) electrons. The molecule has 3 amide bonds. The lowest BCUT2D eigenvalue weighted by Crippen LogP contribution is -2.52. The molecule has 0 saturated carbocycles. The summed E-state index contributed by atoms with van der Waals surface area (Å²) in [6.45, 7) is 16.4. The van der Waals surface area contributed by atoms with Gasteiger partial charge in [0.15, 0.2) is 0 Å². The number of nitrogens with zero attached hydrogens (tertiary/aromatic N) is 3. The summed E-state index contributed by atoms with van der Waals surface area (Å²) < 4.78 is 6.24. The summed E-state index contributed by atoms with van der Waals surface area (Å²) >= 11 is 0. The molecule has 6 rings (SSSR count). The van der Waals surface area contributed by atoms with Gasteiger partial charge in [0, 0.05) is 43.9 Å². The van der Waals surface area contributed by atoms with E-state index in [0.717, 1.165) is 93.0 Å².